The molecule has 0 atom stereocenters. The van der Waals surface area contributed by atoms with Crippen molar-refractivity contribution in [3.8, 4) is 0 Å². The topological polar surface area (TPSA) is 38.9 Å². The minimum Gasteiger partial charge on any atom is -0.326 e. The average Bonchev–Trinajstić information content (AvgIpc) is 2.43. The molecule has 1 aromatic heterocycles. The van der Waals surface area contributed by atoms with Gasteiger partial charge < -0.3 is 5.73 Å². The molecule has 0 bridgehead atoms. The minimum atomic E-state index is 0.635. The largest absolute Gasteiger partial charge is 0.326 e. The molecule has 1 aromatic rings. The molecule has 0 spiro atoms. The zero-order valence-electron chi connectivity index (χ0n) is 7.76. The number of aryl methyl sites for hydroxylation is 2. The Bertz CT molecular complexity index is 243. The zero-order valence-corrected chi connectivity index (χ0v) is 8.58. The number of rotatable bonds is 4. The number of nitrogens with two attached hydrogens (primary N) is 1. The van der Waals surface area contributed by atoms with Gasteiger partial charge in [0.2, 0.25) is 0 Å². The smallest absolute Gasteiger partial charge is 0.0931 e. The Morgan fingerprint density at radius 1 is 1.50 bits per heavy atom. The van der Waals surface area contributed by atoms with Crippen LogP contribution in [-0.4, -0.2) is 4.98 Å². The first-order valence-corrected chi connectivity index (χ1v) is 5.24. The normalized spacial score (nSPS) is 10.6. The fourth-order valence-corrected chi connectivity index (χ4v) is 2.10. The molecule has 0 saturated heterocycles. The summed E-state index contributed by atoms with van der Waals surface area (Å²) in [6, 6.07) is 0. The lowest BCUT2D eigenvalue weighted by Gasteiger charge is -1.90. The van der Waals surface area contributed by atoms with Gasteiger partial charge in [-0.15, -0.1) is 11.3 Å². The van der Waals surface area contributed by atoms with Gasteiger partial charge in [-0.25, -0.2) is 4.98 Å². The van der Waals surface area contributed by atoms with Crippen LogP contribution in [0.5, 0.6) is 0 Å². The summed E-state index contributed by atoms with van der Waals surface area (Å²) in [5.41, 5.74) is 6.68. The molecule has 2 nitrogen and oxygen atoms in total. The SMILES string of the molecule is CCCCc1nc(C)c(CN)s1. The van der Waals surface area contributed by atoms with Crippen LogP contribution in [0.3, 0.4) is 0 Å². The van der Waals surface area contributed by atoms with Crippen LogP contribution in [0.1, 0.15) is 35.3 Å². The lowest BCUT2D eigenvalue weighted by Crippen LogP contribution is -1.94. The highest BCUT2D eigenvalue weighted by molar-refractivity contribution is 7.11. The molecule has 0 aliphatic heterocycles. The van der Waals surface area contributed by atoms with Crippen molar-refractivity contribution < 1.29 is 0 Å². The maximum absolute atomic E-state index is 5.56. The summed E-state index contributed by atoms with van der Waals surface area (Å²) < 4.78 is 0. The highest BCUT2D eigenvalue weighted by atomic mass is 32.1. The van der Waals surface area contributed by atoms with Gasteiger partial charge in [-0.05, 0) is 19.8 Å². The summed E-state index contributed by atoms with van der Waals surface area (Å²) >= 11 is 1.76. The van der Waals surface area contributed by atoms with Gasteiger partial charge in [0.15, 0.2) is 0 Å². The maximum Gasteiger partial charge on any atom is 0.0931 e. The Balaban J connectivity index is 2.62. The van der Waals surface area contributed by atoms with E-state index >= 15 is 0 Å². The predicted molar refractivity (Wildman–Crippen MR) is 53.4 cm³/mol. The lowest BCUT2D eigenvalue weighted by atomic mass is 10.3. The van der Waals surface area contributed by atoms with Crippen LogP contribution >= 0.6 is 11.3 Å². The first kappa shape index (κ1) is 9.68. The molecule has 0 aliphatic rings. The quantitative estimate of drug-likeness (QED) is 0.779. The number of unbranched alkanes of at least 4 members (excludes halogenated alkanes) is 1. The van der Waals surface area contributed by atoms with Crippen molar-refractivity contribution in [2.24, 2.45) is 5.73 Å². The van der Waals surface area contributed by atoms with Crippen molar-refractivity contribution in [2.45, 2.75) is 39.7 Å². The van der Waals surface area contributed by atoms with Crippen molar-refractivity contribution in [3.05, 3.63) is 15.6 Å². The fourth-order valence-electron chi connectivity index (χ4n) is 1.11. The molecular formula is C9H16N2S. The zero-order chi connectivity index (χ0) is 8.97. The van der Waals surface area contributed by atoms with Gasteiger partial charge in [0.25, 0.3) is 0 Å². The summed E-state index contributed by atoms with van der Waals surface area (Å²) in [6.07, 6.45) is 3.58. The molecule has 1 heterocycles. The van der Waals surface area contributed by atoms with E-state index in [1.165, 1.54) is 22.7 Å². The number of aromatic nitrogens is 1. The molecular weight excluding hydrogens is 168 g/mol. The molecule has 2 N–H and O–H groups in total. The van der Waals surface area contributed by atoms with E-state index < -0.39 is 0 Å². The predicted octanol–water partition coefficient (Wildman–Crippen LogP) is 2.25. The second kappa shape index (κ2) is 4.58. The second-order valence-electron chi connectivity index (χ2n) is 2.92. The van der Waals surface area contributed by atoms with Crippen LogP contribution in [0.25, 0.3) is 0 Å². The van der Waals surface area contributed by atoms with Gasteiger partial charge in [-0.1, -0.05) is 13.3 Å². The van der Waals surface area contributed by atoms with Crippen molar-refractivity contribution in [1.29, 1.82) is 0 Å². The van der Waals surface area contributed by atoms with Gasteiger partial charge >= 0.3 is 0 Å². The van der Waals surface area contributed by atoms with Crippen LogP contribution in [0, 0.1) is 6.92 Å². The molecule has 1 rings (SSSR count). The van der Waals surface area contributed by atoms with E-state index in [9.17, 15) is 0 Å². The van der Waals surface area contributed by atoms with E-state index in [1.807, 2.05) is 6.92 Å². The summed E-state index contributed by atoms with van der Waals surface area (Å²) in [5.74, 6) is 0. The van der Waals surface area contributed by atoms with E-state index in [0.29, 0.717) is 6.54 Å². The Labute approximate surface area is 77.8 Å². The van der Waals surface area contributed by atoms with E-state index in [0.717, 1.165) is 12.1 Å². The third-order valence-electron chi connectivity index (χ3n) is 1.87. The van der Waals surface area contributed by atoms with Crippen LogP contribution in [0.15, 0.2) is 0 Å². The van der Waals surface area contributed by atoms with Gasteiger partial charge in [0.1, 0.15) is 0 Å². The van der Waals surface area contributed by atoms with E-state index in [4.69, 9.17) is 5.73 Å². The summed E-state index contributed by atoms with van der Waals surface area (Å²) in [4.78, 5) is 5.69. The molecule has 0 amide bonds. The van der Waals surface area contributed by atoms with Crippen molar-refractivity contribution in [3.63, 3.8) is 0 Å². The van der Waals surface area contributed by atoms with Gasteiger partial charge in [0, 0.05) is 11.4 Å². The highest BCUT2D eigenvalue weighted by Crippen LogP contribution is 2.18. The van der Waals surface area contributed by atoms with E-state index in [1.54, 1.807) is 11.3 Å². The molecule has 12 heavy (non-hydrogen) atoms. The Kier molecular flexibility index (Phi) is 3.69. The third kappa shape index (κ3) is 2.29. The van der Waals surface area contributed by atoms with Crippen LogP contribution in [0.2, 0.25) is 0 Å². The average molecular weight is 184 g/mol. The number of hydrogen-bond donors (Lipinski definition) is 1. The van der Waals surface area contributed by atoms with Crippen LogP contribution < -0.4 is 5.73 Å². The van der Waals surface area contributed by atoms with Gasteiger partial charge in [-0.2, -0.15) is 0 Å². The van der Waals surface area contributed by atoms with Crippen molar-refractivity contribution >= 4 is 11.3 Å². The summed E-state index contributed by atoms with van der Waals surface area (Å²) in [6.45, 7) is 4.87. The summed E-state index contributed by atoms with van der Waals surface area (Å²) in [7, 11) is 0. The summed E-state index contributed by atoms with van der Waals surface area (Å²) in [5, 5.41) is 1.25. The number of nitrogens with zero attached hydrogens (tertiary/aromatic N) is 1. The first-order valence-electron chi connectivity index (χ1n) is 4.43. The van der Waals surface area contributed by atoms with Crippen LogP contribution in [-0.2, 0) is 13.0 Å². The Morgan fingerprint density at radius 3 is 2.75 bits per heavy atom. The molecule has 0 radical (unpaired) electrons. The lowest BCUT2D eigenvalue weighted by molar-refractivity contribution is 0.788. The molecule has 68 valence electrons. The van der Waals surface area contributed by atoms with Crippen molar-refractivity contribution in [2.75, 3.05) is 0 Å². The van der Waals surface area contributed by atoms with E-state index in [2.05, 4.69) is 11.9 Å². The van der Waals surface area contributed by atoms with Crippen molar-refractivity contribution in [1.82, 2.24) is 4.98 Å². The first-order chi connectivity index (χ1) is 5.77. The molecule has 3 heteroatoms. The monoisotopic (exact) mass is 184 g/mol. The maximum atomic E-state index is 5.56. The molecule has 0 unspecified atom stereocenters. The Morgan fingerprint density at radius 2 is 2.25 bits per heavy atom. The fraction of sp³-hybridized carbons (Fsp3) is 0.667. The highest BCUT2D eigenvalue weighted by Gasteiger charge is 2.04. The molecule has 0 aromatic carbocycles. The second-order valence-corrected chi connectivity index (χ2v) is 4.09. The minimum absolute atomic E-state index is 0.635. The standard InChI is InChI=1S/C9H16N2S/c1-3-4-5-9-11-7(2)8(6-10)12-9/h3-6,10H2,1-2H3. The third-order valence-corrected chi connectivity index (χ3v) is 3.11. The molecule has 0 saturated carbocycles. The number of hydrogen-bond acceptors (Lipinski definition) is 3. The van der Waals surface area contributed by atoms with Gasteiger partial charge in [-0.3, -0.25) is 0 Å². The van der Waals surface area contributed by atoms with Gasteiger partial charge in [0.05, 0.1) is 10.7 Å². The van der Waals surface area contributed by atoms with Crippen LogP contribution in [0.4, 0.5) is 0 Å². The van der Waals surface area contributed by atoms with E-state index in [-0.39, 0.29) is 0 Å². The number of thiazole rings is 1. The molecule has 0 fully saturated rings. The molecule has 0 aliphatic carbocycles. The Hall–Kier alpha value is -0.410.